The van der Waals surface area contributed by atoms with Gasteiger partial charge in [-0.15, -0.1) is 0 Å². The van der Waals surface area contributed by atoms with Crippen molar-refractivity contribution in [2.45, 2.75) is 262 Å². The monoisotopic (exact) mass is 1960 g/mol. The topological polar surface area (TPSA) is 137 Å². The van der Waals surface area contributed by atoms with Gasteiger partial charge in [-0.1, -0.05) is 288 Å². The van der Waals surface area contributed by atoms with Crippen LogP contribution in [0.4, 0.5) is 0 Å². The summed E-state index contributed by atoms with van der Waals surface area (Å²) in [5.74, 6) is 7.58. The maximum absolute atomic E-state index is 12.1. The van der Waals surface area contributed by atoms with Gasteiger partial charge in [-0.05, 0) is 127 Å². The van der Waals surface area contributed by atoms with Gasteiger partial charge in [-0.25, -0.2) is 0 Å². The largest absolute Gasteiger partial charge is 0.330 e. The molecule has 3 rings (SSSR count). The van der Waals surface area contributed by atoms with Crippen LogP contribution in [0, 0.1) is 0 Å². The fourth-order valence-electron chi connectivity index (χ4n) is 14.9. The zero-order valence-electron chi connectivity index (χ0n) is 88.6. The predicted octanol–water partition coefficient (Wildman–Crippen LogP) is 24.9. The molecule has 0 aliphatic heterocycles. The second kappa shape index (κ2) is 84.8. The standard InChI is InChI=1S/C18H30NOS.C17H28NOS.C15H24NOS.C14H30NOS.C13H28NOS.C11H24NOS.C9H20NOS.C8H18NOS/c1-4-7-14-19(6-3,13-5-2)15-16-21-18(20)17-11-9-8-10-12-17;1-4-12-18(6-3,13-5-2)14-15-20-17(19)16-10-8-7-9-11-16;1-4-16(5-2,6-3)12-13-18-15(17)14-10-8-7-9-11-14;1-5-9-11-15(8-4,10-6-2)12-13-17-14(16)7-3;1-5-9-14(8-4,10-6-2)11-12-16-13(15)7-3;1-5-11(13)14-10-9-12(6-2,7-3)8-4;1-5-6-9(11)12-8-7-10(2,3)4;1-5-8(10)11-7-6-9(2,3)4/h8-12H,4-7,13-16H2,1-3H3;7-11H,4-6,12-15H2,1-3H3;7-11H,4-6,12-13H2,1-3H3;5-13H2,1-4H3;5-12H2,1-4H3;5-10H2,1-4H3;5-8H2,1-4H3;5-7H2,1-4H3/q8*+1. The minimum atomic E-state index is 0.192. The van der Waals surface area contributed by atoms with Crippen molar-refractivity contribution < 1.29 is 74.2 Å². The SMILES string of the molecule is CCC(=O)SCC[N+](C)(C)C.CCC(=O)SCC[N+](CC)(CC)CC.CCCC(=O)SCC[N+](C)(C)C.CCCC[N+](CC)(CCC)CCSC(=O)CC.CCCC[N+](CC)(CCC)CCSC(=O)c1ccccc1.CCC[N+](CC)(CCC)CCSC(=O)CC.CCC[N+](CC)(CCC)CCSC(=O)c1ccccc1.CC[N+](CC)(CC)CCSC(=O)c1ccccc1. The minimum absolute atomic E-state index is 0.192. The summed E-state index contributed by atoms with van der Waals surface area (Å²) in [7, 11) is 12.8. The fraction of sp³-hybridized carbons (Fsp3) is 0.752. The molecule has 0 amide bonds. The highest BCUT2D eigenvalue weighted by Gasteiger charge is 2.29. The summed E-state index contributed by atoms with van der Waals surface area (Å²) < 4.78 is 8.84. The van der Waals surface area contributed by atoms with Crippen LogP contribution >= 0.6 is 94.1 Å². The first-order valence-electron chi connectivity index (χ1n) is 50.5. The van der Waals surface area contributed by atoms with E-state index in [1.54, 1.807) is 0 Å². The Hall–Kier alpha value is -2.50. The van der Waals surface area contributed by atoms with Crippen molar-refractivity contribution in [3.05, 3.63) is 108 Å². The molecule has 0 fully saturated rings. The predicted molar refractivity (Wildman–Crippen MR) is 586 cm³/mol. The van der Waals surface area contributed by atoms with Gasteiger partial charge in [-0.2, -0.15) is 0 Å². The van der Waals surface area contributed by atoms with E-state index in [1.807, 2.05) is 126 Å². The summed E-state index contributed by atoms with van der Waals surface area (Å²) in [4.78, 5) is 91.8. The number of carbonyl (C=O) groups excluding carboxylic acids is 8. The third-order valence-corrected chi connectivity index (χ3v) is 32.0. The number of nitrogens with zero attached hydrogens (tertiary/aromatic N) is 8. The van der Waals surface area contributed by atoms with Crippen molar-refractivity contribution in [2.24, 2.45) is 0 Å². The van der Waals surface area contributed by atoms with Crippen molar-refractivity contribution in [1.29, 1.82) is 0 Å². The highest BCUT2D eigenvalue weighted by Crippen LogP contribution is 2.23. The van der Waals surface area contributed by atoms with E-state index in [4.69, 9.17) is 0 Å². The molecular weight excluding hydrogens is 1760 g/mol. The molecule has 0 heterocycles. The molecule has 0 spiro atoms. The van der Waals surface area contributed by atoms with E-state index >= 15 is 0 Å². The minimum Gasteiger partial charge on any atom is -0.330 e. The fourth-order valence-corrected chi connectivity index (χ4v) is 22.9. The number of hydrogen-bond donors (Lipinski definition) is 0. The van der Waals surface area contributed by atoms with Gasteiger partial charge in [0, 0.05) is 48.8 Å². The van der Waals surface area contributed by atoms with Crippen LogP contribution in [0.15, 0.2) is 91.0 Å². The molecule has 0 saturated heterocycles. The molecule has 750 valence electrons. The highest BCUT2D eigenvalue weighted by molar-refractivity contribution is 8.15. The Balaban J connectivity index is -0.000000458. The van der Waals surface area contributed by atoms with Crippen LogP contribution in [-0.2, 0) is 24.0 Å². The first-order valence-corrected chi connectivity index (χ1v) is 58.4. The molecule has 24 heteroatoms. The van der Waals surface area contributed by atoms with Crippen LogP contribution in [0.5, 0.6) is 0 Å². The molecule has 129 heavy (non-hydrogen) atoms. The Kier molecular flexibility index (Phi) is 88.7. The van der Waals surface area contributed by atoms with Gasteiger partial charge >= 0.3 is 0 Å². The summed E-state index contributed by atoms with van der Waals surface area (Å²) in [6, 6.07) is 28.7. The van der Waals surface area contributed by atoms with E-state index in [0.717, 1.165) is 170 Å². The van der Waals surface area contributed by atoms with Crippen molar-refractivity contribution in [2.75, 3.05) is 258 Å². The Morgan fingerprint density at radius 3 is 0.566 bits per heavy atom. The Bertz CT molecular complexity index is 3190. The second-order valence-corrected chi connectivity index (χ2v) is 44.8. The quantitative estimate of drug-likeness (QED) is 0.0495. The van der Waals surface area contributed by atoms with E-state index in [0.29, 0.717) is 51.3 Å². The number of unbranched alkanes of at least 4 members (excludes halogenated alkanes) is 2. The van der Waals surface area contributed by atoms with Crippen molar-refractivity contribution in [3.8, 4) is 0 Å². The van der Waals surface area contributed by atoms with Gasteiger partial charge in [0.05, 0.1) is 258 Å². The van der Waals surface area contributed by atoms with Crippen LogP contribution in [-0.4, -0.2) is 335 Å². The van der Waals surface area contributed by atoms with E-state index < -0.39 is 0 Å². The lowest BCUT2D eigenvalue weighted by Crippen LogP contribution is -2.50. The first-order chi connectivity index (χ1) is 61.3. The van der Waals surface area contributed by atoms with Crippen molar-refractivity contribution in [3.63, 3.8) is 0 Å². The lowest BCUT2D eigenvalue weighted by atomic mass is 10.2. The third-order valence-electron chi connectivity index (χ3n) is 24.4. The van der Waals surface area contributed by atoms with Crippen LogP contribution in [0.25, 0.3) is 0 Å². The van der Waals surface area contributed by atoms with Crippen LogP contribution < -0.4 is 0 Å². The molecule has 16 nitrogen and oxygen atoms in total. The number of benzene rings is 3. The molecule has 2 unspecified atom stereocenters. The van der Waals surface area contributed by atoms with E-state index in [2.05, 4.69) is 167 Å². The molecule has 0 N–H and O–H groups in total. The Morgan fingerprint density at radius 2 is 0.388 bits per heavy atom. The summed E-state index contributed by atoms with van der Waals surface area (Å²) in [5, 5.41) is 2.24. The summed E-state index contributed by atoms with van der Waals surface area (Å²) >= 11 is 11.8. The molecule has 3 aromatic rings. The molecule has 0 aliphatic rings. The number of carbonyl (C=O) groups is 8. The summed E-state index contributed by atoms with van der Waals surface area (Å²) in [5.41, 5.74) is 2.45. The average Bonchev–Trinajstić information content (AvgIpc) is 0.874. The maximum Gasteiger partial charge on any atom is 0.219 e. The van der Waals surface area contributed by atoms with E-state index in [9.17, 15) is 38.4 Å². The molecule has 0 aromatic heterocycles. The number of thioether (sulfide) groups is 8. The maximum atomic E-state index is 12.1. The van der Waals surface area contributed by atoms with Gasteiger partial charge in [0.15, 0.2) is 25.6 Å². The lowest BCUT2D eigenvalue weighted by molar-refractivity contribution is -0.924. The normalized spacial score (nSPS) is 12.4. The summed E-state index contributed by atoms with van der Waals surface area (Å²) in [6.07, 6.45) is 16.8. The van der Waals surface area contributed by atoms with Gasteiger partial charge in [0.25, 0.3) is 0 Å². The molecule has 0 radical (unpaired) electrons. The number of rotatable bonds is 61. The van der Waals surface area contributed by atoms with Crippen LogP contribution in [0.2, 0.25) is 0 Å². The van der Waals surface area contributed by atoms with Crippen LogP contribution in [0.3, 0.4) is 0 Å². The van der Waals surface area contributed by atoms with E-state index in [1.165, 1.54) is 270 Å². The number of hydrogen-bond acceptors (Lipinski definition) is 16. The molecule has 0 aliphatic carbocycles. The zero-order valence-corrected chi connectivity index (χ0v) is 95.2. The zero-order chi connectivity index (χ0) is 99.0. The Labute approximate surface area is 830 Å². The molecule has 0 bridgehead atoms. The van der Waals surface area contributed by atoms with Crippen molar-refractivity contribution in [1.82, 2.24) is 0 Å². The van der Waals surface area contributed by atoms with Gasteiger partial charge < -0.3 is 35.9 Å². The van der Waals surface area contributed by atoms with Gasteiger partial charge in [0.2, 0.25) is 15.3 Å². The molecular formula is C105H202N8O8S8+8. The molecule has 3 aromatic carbocycles. The third kappa shape index (κ3) is 70.7. The van der Waals surface area contributed by atoms with Gasteiger partial charge in [-0.3, -0.25) is 38.4 Å². The number of quaternary nitrogens is 8. The molecule has 2 atom stereocenters. The smallest absolute Gasteiger partial charge is 0.219 e. The Morgan fingerprint density at radius 1 is 0.202 bits per heavy atom. The highest BCUT2D eigenvalue weighted by atomic mass is 32.2. The molecule has 0 saturated carbocycles. The van der Waals surface area contributed by atoms with Crippen LogP contribution in [0.1, 0.15) is 293 Å². The van der Waals surface area contributed by atoms with Gasteiger partial charge in [0.1, 0.15) is 0 Å². The van der Waals surface area contributed by atoms with E-state index in [-0.39, 0.29) is 15.3 Å². The first kappa shape index (κ1) is 135. The second-order valence-electron chi connectivity index (χ2n) is 35.8. The average molecular weight is 1960 g/mol. The lowest BCUT2D eigenvalue weighted by Gasteiger charge is -2.37. The summed E-state index contributed by atoms with van der Waals surface area (Å²) in [6.45, 7) is 80.8. The van der Waals surface area contributed by atoms with Crippen molar-refractivity contribution >= 4 is 135 Å².